The van der Waals surface area contributed by atoms with Crippen molar-refractivity contribution in [3.63, 3.8) is 0 Å². The van der Waals surface area contributed by atoms with Crippen LogP contribution < -0.4 is 5.32 Å². The van der Waals surface area contributed by atoms with Gasteiger partial charge < -0.3 is 5.32 Å². The smallest absolute Gasteiger partial charge is 0.215 e. The Morgan fingerprint density at radius 1 is 1.27 bits per heavy atom. The molecule has 1 heterocycles. The monoisotopic (exact) mass is 339 g/mol. The van der Waals surface area contributed by atoms with Crippen LogP contribution >= 0.6 is 11.3 Å². The summed E-state index contributed by atoms with van der Waals surface area (Å²) >= 11 is 1.62. The fourth-order valence-electron chi connectivity index (χ4n) is 1.99. The molecule has 2 rings (SSSR count). The Bertz CT molecular complexity index is 722. The molecule has 7 heteroatoms. The van der Waals surface area contributed by atoms with E-state index < -0.39 is 10.0 Å². The third-order valence-corrected chi connectivity index (χ3v) is 6.22. The Kier molecular flexibility index (Phi) is 5.20. The molecule has 1 aromatic carbocycles. The van der Waals surface area contributed by atoms with Gasteiger partial charge in [-0.15, -0.1) is 11.3 Å². The third-order valence-electron chi connectivity index (χ3n) is 3.18. The molecule has 0 amide bonds. The molecule has 0 aliphatic heterocycles. The molecule has 5 nitrogen and oxygen atoms in total. The van der Waals surface area contributed by atoms with Crippen molar-refractivity contribution in [2.24, 2.45) is 0 Å². The van der Waals surface area contributed by atoms with Crippen molar-refractivity contribution in [1.82, 2.24) is 9.29 Å². The van der Waals surface area contributed by atoms with Gasteiger partial charge >= 0.3 is 0 Å². The number of aromatic nitrogens is 1. The van der Waals surface area contributed by atoms with Gasteiger partial charge in [0.1, 0.15) is 5.01 Å². The third kappa shape index (κ3) is 4.28. The van der Waals surface area contributed by atoms with Gasteiger partial charge in [0.15, 0.2) is 0 Å². The van der Waals surface area contributed by atoms with Gasteiger partial charge in [0.25, 0.3) is 0 Å². The molecule has 0 saturated heterocycles. The number of rotatable bonds is 6. The molecule has 1 atom stereocenters. The van der Waals surface area contributed by atoms with Crippen LogP contribution in [0, 0.1) is 6.92 Å². The summed E-state index contributed by atoms with van der Waals surface area (Å²) < 4.78 is 25.0. The minimum absolute atomic E-state index is 0.0629. The van der Waals surface area contributed by atoms with E-state index in [-0.39, 0.29) is 11.8 Å². The van der Waals surface area contributed by atoms with Crippen LogP contribution in [0.4, 0.5) is 5.69 Å². The Hall–Kier alpha value is -1.44. The summed E-state index contributed by atoms with van der Waals surface area (Å²) in [5, 5.41) is 6.23. The summed E-state index contributed by atoms with van der Waals surface area (Å²) in [6.45, 7) is 3.84. The lowest BCUT2D eigenvalue weighted by Crippen LogP contribution is -2.33. The van der Waals surface area contributed by atoms with Gasteiger partial charge in [-0.3, -0.25) is 0 Å². The van der Waals surface area contributed by atoms with Crippen LogP contribution in [0.25, 0.3) is 10.6 Å². The maximum absolute atomic E-state index is 11.9. The molecule has 0 radical (unpaired) electrons. The molecule has 1 N–H and O–H groups in total. The van der Waals surface area contributed by atoms with Gasteiger partial charge in [0.2, 0.25) is 10.0 Å². The number of thiazole rings is 1. The summed E-state index contributed by atoms with van der Waals surface area (Å²) in [7, 11) is -0.106. The van der Waals surface area contributed by atoms with Crippen LogP contribution in [0.2, 0.25) is 0 Å². The second-order valence-corrected chi connectivity index (χ2v) is 8.56. The number of anilines is 1. The Morgan fingerprint density at radius 2 is 1.91 bits per heavy atom. The highest BCUT2D eigenvalue weighted by Gasteiger charge is 2.18. The van der Waals surface area contributed by atoms with E-state index in [1.807, 2.05) is 43.5 Å². The van der Waals surface area contributed by atoms with Gasteiger partial charge in [-0.2, -0.15) is 0 Å². The molecule has 2 aromatic rings. The largest absolute Gasteiger partial charge is 0.382 e. The predicted molar refractivity (Wildman–Crippen MR) is 92.8 cm³/mol. The van der Waals surface area contributed by atoms with Gasteiger partial charge in [-0.25, -0.2) is 17.7 Å². The topological polar surface area (TPSA) is 62.3 Å². The van der Waals surface area contributed by atoms with Crippen molar-refractivity contribution < 1.29 is 8.42 Å². The fourth-order valence-corrected chi connectivity index (χ4v) is 3.80. The highest BCUT2D eigenvalue weighted by atomic mass is 32.2. The number of benzene rings is 1. The molecule has 1 unspecified atom stereocenters. The van der Waals surface area contributed by atoms with Crippen LogP contribution in [0.15, 0.2) is 29.6 Å². The zero-order chi connectivity index (χ0) is 16.3. The highest BCUT2D eigenvalue weighted by molar-refractivity contribution is 7.89. The minimum Gasteiger partial charge on any atom is -0.382 e. The SMILES string of the molecule is Cc1csc(-c2ccc(NC(C)CS(=O)(=O)N(C)C)cc2)n1. The van der Waals surface area contributed by atoms with Crippen molar-refractivity contribution in [2.75, 3.05) is 25.2 Å². The fraction of sp³-hybridized carbons (Fsp3) is 0.400. The molecule has 0 spiro atoms. The Morgan fingerprint density at radius 3 is 2.41 bits per heavy atom. The van der Waals surface area contributed by atoms with Crippen molar-refractivity contribution in [1.29, 1.82) is 0 Å². The lowest BCUT2D eigenvalue weighted by molar-refractivity contribution is 0.517. The van der Waals surface area contributed by atoms with Crippen LogP contribution in [0.5, 0.6) is 0 Å². The van der Waals surface area contributed by atoms with E-state index >= 15 is 0 Å². The summed E-state index contributed by atoms with van der Waals surface area (Å²) in [5.41, 5.74) is 2.99. The molecule has 0 saturated carbocycles. The van der Waals surface area contributed by atoms with E-state index in [0.717, 1.165) is 22.0 Å². The van der Waals surface area contributed by atoms with Gasteiger partial charge in [-0.1, -0.05) is 0 Å². The number of sulfonamides is 1. The molecule has 0 fully saturated rings. The summed E-state index contributed by atoms with van der Waals surface area (Å²) in [6.07, 6.45) is 0. The van der Waals surface area contributed by atoms with Crippen LogP contribution in [0.3, 0.4) is 0 Å². The van der Waals surface area contributed by atoms with E-state index in [1.54, 1.807) is 25.4 Å². The van der Waals surface area contributed by atoms with Crippen LogP contribution in [0.1, 0.15) is 12.6 Å². The normalized spacial score (nSPS) is 13.3. The molecule has 0 aliphatic rings. The maximum atomic E-state index is 11.9. The van der Waals surface area contributed by atoms with Crippen LogP contribution in [-0.4, -0.2) is 43.6 Å². The maximum Gasteiger partial charge on any atom is 0.215 e. The lowest BCUT2D eigenvalue weighted by Gasteiger charge is -2.18. The van der Waals surface area contributed by atoms with Gasteiger partial charge in [0, 0.05) is 42.5 Å². The number of aryl methyl sites for hydroxylation is 1. The highest BCUT2D eigenvalue weighted by Crippen LogP contribution is 2.25. The molecule has 0 aliphatic carbocycles. The molecule has 22 heavy (non-hydrogen) atoms. The van der Waals surface area contributed by atoms with Crippen molar-refractivity contribution in [3.8, 4) is 10.6 Å². The second kappa shape index (κ2) is 6.76. The Balaban J connectivity index is 2.02. The zero-order valence-electron chi connectivity index (χ0n) is 13.2. The summed E-state index contributed by atoms with van der Waals surface area (Å²) in [5.74, 6) is 0.0629. The zero-order valence-corrected chi connectivity index (χ0v) is 14.8. The molecular weight excluding hydrogens is 318 g/mol. The summed E-state index contributed by atoms with van der Waals surface area (Å²) in [6, 6.07) is 7.72. The van der Waals surface area contributed by atoms with Crippen molar-refractivity contribution in [3.05, 3.63) is 35.3 Å². The standard InChI is InChI=1S/C15H21N3O2S2/c1-11-9-21-15(17-11)13-5-7-14(8-6-13)16-12(2)10-22(19,20)18(3)4/h5-9,12,16H,10H2,1-4H3. The van der Waals surface area contributed by atoms with E-state index in [2.05, 4.69) is 10.3 Å². The van der Waals surface area contributed by atoms with Crippen molar-refractivity contribution >= 4 is 27.0 Å². The first-order chi connectivity index (χ1) is 10.3. The first kappa shape index (κ1) is 16.9. The number of hydrogen-bond donors (Lipinski definition) is 1. The lowest BCUT2D eigenvalue weighted by atomic mass is 10.2. The Labute approximate surface area is 136 Å². The number of hydrogen-bond acceptors (Lipinski definition) is 5. The van der Waals surface area contributed by atoms with Crippen molar-refractivity contribution in [2.45, 2.75) is 19.9 Å². The molecule has 0 bridgehead atoms. The van der Waals surface area contributed by atoms with E-state index in [1.165, 1.54) is 4.31 Å². The molecule has 1 aromatic heterocycles. The quantitative estimate of drug-likeness (QED) is 0.879. The van der Waals surface area contributed by atoms with E-state index in [4.69, 9.17) is 0 Å². The minimum atomic E-state index is -3.20. The van der Waals surface area contributed by atoms with Gasteiger partial charge in [0.05, 0.1) is 5.75 Å². The first-order valence-electron chi connectivity index (χ1n) is 6.97. The predicted octanol–water partition coefficient (Wildman–Crippen LogP) is 2.81. The van der Waals surface area contributed by atoms with E-state index in [0.29, 0.717) is 0 Å². The number of nitrogens with zero attached hydrogens (tertiary/aromatic N) is 2. The van der Waals surface area contributed by atoms with Gasteiger partial charge in [-0.05, 0) is 38.1 Å². The van der Waals surface area contributed by atoms with E-state index in [9.17, 15) is 8.42 Å². The second-order valence-electron chi connectivity index (χ2n) is 5.48. The first-order valence-corrected chi connectivity index (χ1v) is 9.46. The molecule has 120 valence electrons. The molecular formula is C15H21N3O2S2. The average Bonchev–Trinajstić information content (AvgIpc) is 2.85. The number of nitrogens with one attached hydrogen (secondary N) is 1. The van der Waals surface area contributed by atoms with Crippen LogP contribution in [-0.2, 0) is 10.0 Å². The average molecular weight is 339 g/mol. The summed E-state index contributed by atoms with van der Waals surface area (Å²) in [4.78, 5) is 4.45.